The molecule has 2 aromatic rings. The van der Waals surface area contributed by atoms with Gasteiger partial charge in [-0.1, -0.05) is 18.2 Å². The van der Waals surface area contributed by atoms with Crippen molar-refractivity contribution in [3.63, 3.8) is 0 Å². The van der Waals surface area contributed by atoms with Crippen LogP contribution in [-0.2, 0) is 9.53 Å². The van der Waals surface area contributed by atoms with Gasteiger partial charge in [-0.05, 0) is 70.3 Å². The van der Waals surface area contributed by atoms with Gasteiger partial charge >= 0.3 is 6.09 Å². The molecule has 0 fully saturated rings. The molecule has 0 bridgehead atoms. The summed E-state index contributed by atoms with van der Waals surface area (Å²) in [5, 5.41) is 0. The maximum atomic E-state index is 12.9. The molecule has 0 aliphatic carbocycles. The number of nitrogens with zero attached hydrogens (tertiary/aromatic N) is 4. The molecule has 1 heterocycles. The molecular formula is C27H36N4O4. The molecule has 0 saturated carbocycles. The topological polar surface area (TPSA) is 73.4 Å². The van der Waals surface area contributed by atoms with E-state index in [9.17, 15) is 14.4 Å². The van der Waals surface area contributed by atoms with Gasteiger partial charge < -0.3 is 19.4 Å². The quantitative estimate of drug-likeness (QED) is 0.623. The number of hydrogen-bond acceptors (Lipinski definition) is 5. The predicted molar refractivity (Wildman–Crippen MR) is 139 cm³/mol. The first kappa shape index (κ1) is 26.2. The van der Waals surface area contributed by atoms with Gasteiger partial charge in [0, 0.05) is 39.2 Å². The zero-order valence-corrected chi connectivity index (χ0v) is 21.7. The predicted octanol–water partition coefficient (Wildman–Crippen LogP) is 4.09. The number of carbonyl (C=O) groups excluding carboxylic acids is 3. The fraction of sp³-hybridized carbons (Fsp3) is 0.444. The van der Waals surface area contributed by atoms with Crippen molar-refractivity contribution in [3.05, 3.63) is 48.0 Å². The maximum absolute atomic E-state index is 12.9. The van der Waals surface area contributed by atoms with Crippen molar-refractivity contribution in [1.82, 2.24) is 9.80 Å². The van der Waals surface area contributed by atoms with Crippen LogP contribution in [0, 0.1) is 0 Å². The van der Waals surface area contributed by atoms with E-state index in [0.717, 1.165) is 17.7 Å². The number of likely N-dealkylation sites (N-methyl/N-ethyl adjacent to an activating group) is 2. The number of fused-ring (bicyclic) bond motifs is 1. The molecule has 0 radical (unpaired) electrons. The summed E-state index contributed by atoms with van der Waals surface area (Å²) in [6.45, 7) is 8.85. The van der Waals surface area contributed by atoms with Crippen LogP contribution >= 0.6 is 0 Å². The second-order valence-corrected chi connectivity index (χ2v) is 9.59. The molecule has 0 aromatic heterocycles. The van der Waals surface area contributed by atoms with Gasteiger partial charge in [-0.3, -0.25) is 14.5 Å². The monoisotopic (exact) mass is 480 g/mol. The summed E-state index contributed by atoms with van der Waals surface area (Å²) < 4.78 is 5.47. The molecule has 188 valence electrons. The summed E-state index contributed by atoms with van der Waals surface area (Å²) in [6.07, 6.45) is -0.689. The Morgan fingerprint density at radius 3 is 2.17 bits per heavy atom. The van der Waals surface area contributed by atoms with Crippen molar-refractivity contribution in [3.8, 4) is 11.1 Å². The molecule has 1 atom stereocenters. The van der Waals surface area contributed by atoms with Gasteiger partial charge in [0.25, 0.3) is 5.91 Å². The van der Waals surface area contributed by atoms with E-state index in [-0.39, 0.29) is 24.0 Å². The Morgan fingerprint density at radius 1 is 0.971 bits per heavy atom. The van der Waals surface area contributed by atoms with Gasteiger partial charge in [0.05, 0.1) is 23.5 Å². The van der Waals surface area contributed by atoms with Crippen LogP contribution in [-0.4, -0.2) is 80.6 Å². The van der Waals surface area contributed by atoms with Crippen LogP contribution in [0.3, 0.4) is 0 Å². The third kappa shape index (κ3) is 6.00. The summed E-state index contributed by atoms with van der Waals surface area (Å²) in [5.74, 6) is -0.109. The lowest BCUT2D eigenvalue weighted by Gasteiger charge is -2.40. The van der Waals surface area contributed by atoms with Crippen molar-refractivity contribution in [1.29, 1.82) is 0 Å². The Hall–Kier alpha value is -3.39. The van der Waals surface area contributed by atoms with Crippen molar-refractivity contribution < 1.29 is 19.1 Å². The van der Waals surface area contributed by atoms with Crippen LogP contribution in [0.4, 0.5) is 16.2 Å². The Labute approximate surface area is 208 Å². The molecule has 3 rings (SSSR count). The number of amides is 3. The van der Waals surface area contributed by atoms with E-state index in [4.69, 9.17) is 4.74 Å². The fourth-order valence-electron chi connectivity index (χ4n) is 4.20. The van der Waals surface area contributed by atoms with Crippen LogP contribution in [0.15, 0.2) is 42.5 Å². The highest BCUT2D eigenvalue weighted by molar-refractivity contribution is 6.03. The number of ether oxygens (including phenoxy) is 1. The molecule has 0 spiro atoms. The van der Waals surface area contributed by atoms with Crippen LogP contribution in [0.5, 0.6) is 0 Å². The van der Waals surface area contributed by atoms with E-state index in [1.807, 2.05) is 82.2 Å². The van der Waals surface area contributed by atoms with E-state index in [0.29, 0.717) is 30.0 Å². The zero-order valence-electron chi connectivity index (χ0n) is 21.7. The highest BCUT2D eigenvalue weighted by Crippen LogP contribution is 2.39. The largest absolute Gasteiger partial charge is 0.446 e. The van der Waals surface area contributed by atoms with Gasteiger partial charge in [0.1, 0.15) is 0 Å². The van der Waals surface area contributed by atoms with Gasteiger partial charge in [-0.2, -0.15) is 0 Å². The minimum atomic E-state index is -0.435. The third-order valence-electron chi connectivity index (χ3n) is 6.00. The molecular weight excluding hydrogens is 444 g/mol. The van der Waals surface area contributed by atoms with Crippen molar-refractivity contribution in [2.75, 3.05) is 50.6 Å². The fourth-order valence-corrected chi connectivity index (χ4v) is 4.20. The van der Waals surface area contributed by atoms with E-state index in [1.54, 1.807) is 21.7 Å². The normalized spacial score (nSPS) is 15.3. The second kappa shape index (κ2) is 10.9. The molecule has 8 heteroatoms. The Bertz CT molecular complexity index is 1080. The van der Waals surface area contributed by atoms with Crippen molar-refractivity contribution in [2.45, 2.75) is 39.8 Å². The molecule has 3 amide bonds. The third-order valence-corrected chi connectivity index (χ3v) is 6.00. The zero-order chi connectivity index (χ0) is 25.9. The van der Waals surface area contributed by atoms with Crippen molar-refractivity contribution in [2.24, 2.45) is 0 Å². The van der Waals surface area contributed by atoms with Crippen LogP contribution in [0.2, 0.25) is 0 Å². The molecule has 1 aliphatic heterocycles. The molecule has 1 aliphatic rings. The van der Waals surface area contributed by atoms with E-state index in [2.05, 4.69) is 0 Å². The highest BCUT2D eigenvalue weighted by Gasteiger charge is 2.34. The van der Waals surface area contributed by atoms with E-state index < -0.39 is 6.09 Å². The molecule has 0 saturated heterocycles. The summed E-state index contributed by atoms with van der Waals surface area (Å²) in [5.41, 5.74) is 3.71. The second-order valence-electron chi connectivity index (χ2n) is 9.59. The number of hydrogen-bond donors (Lipinski definition) is 0. The first-order chi connectivity index (χ1) is 16.5. The minimum Gasteiger partial charge on any atom is -0.446 e. The van der Waals surface area contributed by atoms with Crippen LogP contribution in [0.25, 0.3) is 11.1 Å². The van der Waals surface area contributed by atoms with E-state index >= 15 is 0 Å². The van der Waals surface area contributed by atoms with Crippen LogP contribution < -0.4 is 9.80 Å². The molecule has 8 nitrogen and oxygen atoms in total. The number of carbonyl (C=O) groups is 3. The first-order valence-electron chi connectivity index (χ1n) is 11.9. The average molecular weight is 481 g/mol. The molecule has 0 N–H and O–H groups in total. The van der Waals surface area contributed by atoms with Gasteiger partial charge in [-0.25, -0.2) is 4.79 Å². The highest BCUT2D eigenvalue weighted by atomic mass is 16.6. The number of benzene rings is 2. The minimum absolute atomic E-state index is 0.0301. The van der Waals surface area contributed by atoms with Gasteiger partial charge in [0.2, 0.25) is 5.91 Å². The molecule has 35 heavy (non-hydrogen) atoms. The summed E-state index contributed by atoms with van der Waals surface area (Å²) >= 11 is 0. The maximum Gasteiger partial charge on any atom is 0.414 e. The standard InChI is InChI=1S/C27H36N4O4/c1-18(2)35-27(34)30-17-19(3)31(20(4)32)24-13-12-23(16-25(24)30)21-8-10-22(11-9-21)26(33)29(7)15-14-28(5)6/h8-13,16,18-19H,14-15,17H2,1-7H3. The summed E-state index contributed by atoms with van der Waals surface area (Å²) in [7, 11) is 5.76. The summed E-state index contributed by atoms with van der Waals surface area (Å²) in [4.78, 5) is 45.1. The van der Waals surface area contributed by atoms with Crippen molar-refractivity contribution >= 4 is 29.3 Å². The Balaban J connectivity index is 1.92. The Kier molecular flexibility index (Phi) is 8.17. The number of rotatable bonds is 6. The van der Waals surface area contributed by atoms with Gasteiger partial charge in [0.15, 0.2) is 0 Å². The lowest BCUT2D eigenvalue weighted by molar-refractivity contribution is -0.117. The summed E-state index contributed by atoms with van der Waals surface area (Å²) in [6, 6.07) is 13.0. The van der Waals surface area contributed by atoms with Gasteiger partial charge in [-0.15, -0.1) is 0 Å². The lowest BCUT2D eigenvalue weighted by Crippen LogP contribution is -2.51. The van der Waals surface area contributed by atoms with E-state index in [1.165, 1.54) is 6.92 Å². The Morgan fingerprint density at radius 2 is 1.60 bits per heavy atom. The average Bonchev–Trinajstić information content (AvgIpc) is 2.80. The van der Waals surface area contributed by atoms with Crippen LogP contribution in [0.1, 0.15) is 38.1 Å². The molecule has 1 unspecified atom stereocenters. The SMILES string of the molecule is CC(=O)N1c2ccc(-c3ccc(C(=O)N(C)CCN(C)C)cc3)cc2N(C(=O)OC(C)C)CC1C. The lowest BCUT2D eigenvalue weighted by atomic mass is 9.99. The first-order valence-corrected chi connectivity index (χ1v) is 11.9. The number of anilines is 2. The molecule has 2 aromatic carbocycles. The smallest absolute Gasteiger partial charge is 0.414 e.